The van der Waals surface area contributed by atoms with Gasteiger partial charge in [-0.1, -0.05) is 30.3 Å². The van der Waals surface area contributed by atoms with Crippen molar-refractivity contribution in [2.24, 2.45) is 0 Å². The van der Waals surface area contributed by atoms with Gasteiger partial charge in [0.15, 0.2) is 0 Å². The molecule has 0 spiro atoms. The molecule has 0 amide bonds. The minimum absolute atomic E-state index is 0.00165. The number of hydrogen-bond donors (Lipinski definition) is 2. The SMILES string of the molecule is O=c1cc(Cc2ccccc2)n(COCCO)c(=O)[nH]1. The van der Waals surface area contributed by atoms with Crippen LogP contribution in [0.3, 0.4) is 0 Å². The van der Waals surface area contributed by atoms with Gasteiger partial charge in [-0.05, 0) is 5.56 Å². The van der Waals surface area contributed by atoms with Gasteiger partial charge in [0.05, 0.1) is 13.2 Å². The van der Waals surface area contributed by atoms with E-state index in [4.69, 9.17) is 9.84 Å². The Morgan fingerprint density at radius 3 is 2.65 bits per heavy atom. The van der Waals surface area contributed by atoms with Crippen LogP contribution in [0, 0.1) is 0 Å². The molecule has 6 nitrogen and oxygen atoms in total. The average Bonchev–Trinajstić information content (AvgIpc) is 2.43. The summed E-state index contributed by atoms with van der Waals surface area (Å²) in [7, 11) is 0. The Kier molecular flexibility index (Phi) is 4.86. The van der Waals surface area contributed by atoms with E-state index < -0.39 is 11.2 Å². The number of aromatic amines is 1. The second-order valence-electron chi connectivity index (χ2n) is 4.28. The van der Waals surface area contributed by atoms with Gasteiger partial charge in [-0.3, -0.25) is 14.3 Å². The highest BCUT2D eigenvalue weighted by atomic mass is 16.5. The molecular weight excluding hydrogens is 260 g/mol. The predicted octanol–water partition coefficient (Wildman–Crippen LogP) is 0.0938. The highest BCUT2D eigenvalue weighted by molar-refractivity contribution is 5.21. The fraction of sp³-hybridized carbons (Fsp3) is 0.286. The molecule has 0 aliphatic rings. The van der Waals surface area contributed by atoms with E-state index in [-0.39, 0.29) is 19.9 Å². The summed E-state index contributed by atoms with van der Waals surface area (Å²) in [5.41, 5.74) is 0.622. The van der Waals surface area contributed by atoms with Crippen molar-refractivity contribution in [2.45, 2.75) is 13.2 Å². The first-order valence-corrected chi connectivity index (χ1v) is 6.26. The van der Waals surface area contributed by atoms with Crippen molar-refractivity contribution in [1.29, 1.82) is 0 Å². The summed E-state index contributed by atoms with van der Waals surface area (Å²) in [5.74, 6) is 0. The summed E-state index contributed by atoms with van der Waals surface area (Å²) >= 11 is 0. The van der Waals surface area contributed by atoms with E-state index in [0.29, 0.717) is 12.1 Å². The normalized spacial score (nSPS) is 10.7. The molecule has 0 aliphatic heterocycles. The van der Waals surface area contributed by atoms with E-state index in [9.17, 15) is 9.59 Å². The number of H-pyrrole nitrogens is 1. The zero-order chi connectivity index (χ0) is 14.4. The Morgan fingerprint density at radius 1 is 1.20 bits per heavy atom. The summed E-state index contributed by atoms with van der Waals surface area (Å²) in [4.78, 5) is 25.4. The standard InChI is InChI=1S/C14H16N2O4/c17-6-7-20-10-16-12(9-13(18)15-14(16)19)8-11-4-2-1-3-5-11/h1-5,9,17H,6-8,10H2,(H,15,18,19). The third kappa shape index (κ3) is 3.66. The Bertz CT molecular complexity index is 661. The van der Waals surface area contributed by atoms with Crippen molar-refractivity contribution in [2.75, 3.05) is 13.2 Å². The summed E-state index contributed by atoms with van der Waals surface area (Å²) in [6, 6.07) is 10.9. The maximum absolute atomic E-state index is 11.8. The molecule has 0 aliphatic carbocycles. The fourth-order valence-corrected chi connectivity index (χ4v) is 1.88. The van der Waals surface area contributed by atoms with Crippen LogP contribution < -0.4 is 11.2 Å². The van der Waals surface area contributed by atoms with E-state index in [0.717, 1.165) is 5.56 Å². The molecule has 2 rings (SSSR count). The number of nitrogens with one attached hydrogen (secondary N) is 1. The lowest BCUT2D eigenvalue weighted by Gasteiger charge is -2.12. The zero-order valence-corrected chi connectivity index (χ0v) is 10.9. The molecule has 2 N–H and O–H groups in total. The molecule has 20 heavy (non-hydrogen) atoms. The van der Waals surface area contributed by atoms with Gasteiger partial charge in [-0.25, -0.2) is 4.79 Å². The maximum atomic E-state index is 11.8. The number of hydrogen-bond acceptors (Lipinski definition) is 4. The smallest absolute Gasteiger partial charge is 0.330 e. The van der Waals surface area contributed by atoms with Crippen molar-refractivity contribution in [3.63, 3.8) is 0 Å². The molecule has 2 aromatic rings. The number of ether oxygens (including phenoxy) is 1. The van der Waals surface area contributed by atoms with Crippen molar-refractivity contribution >= 4 is 0 Å². The Labute approximate surface area is 115 Å². The van der Waals surface area contributed by atoms with Crippen molar-refractivity contribution in [1.82, 2.24) is 9.55 Å². The molecular formula is C14H16N2O4. The Hall–Kier alpha value is -2.18. The van der Waals surface area contributed by atoms with Crippen LogP contribution in [-0.4, -0.2) is 27.9 Å². The maximum Gasteiger partial charge on any atom is 0.330 e. The van der Waals surface area contributed by atoms with Crippen LogP contribution in [-0.2, 0) is 17.9 Å². The van der Waals surface area contributed by atoms with Gasteiger partial charge in [0, 0.05) is 18.2 Å². The lowest BCUT2D eigenvalue weighted by molar-refractivity contribution is 0.0443. The van der Waals surface area contributed by atoms with Crippen LogP contribution in [0.2, 0.25) is 0 Å². The number of rotatable bonds is 6. The molecule has 106 valence electrons. The highest BCUT2D eigenvalue weighted by Gasteiger charge is 2.07. The number of aliphatic hydroxyl groups excluding tert-OH is 1. The predicted molar refractivity (Wildman–Crippen MR) is 73.6 cm³/mol. The quantitative estimate of drug-likeness (QED) is 0.733. The topological polar surface area (TPSA) is 84.3 Å². The molecule has 0 radical (unpaired) electrons. The molecule has 0 fully saturated rings. The molecule has 0 unspecified atom stereocenters. The van der Waals surface area contributed by atoms with Gasteiger partial charge >= 0.3 is 5.69 Å². The van der Waals surface area contributed by atoms with Crippen molar-refractivity contribution < 1.29 is 9.84 Å². The third-order valence-corrected chi connectivity index (χ3v) is 2.80. The zero-order valence-electron chi connectivity index (χ0n) is 10.9. The molecule has 0 saturated heterocycles. The summed E-state index contributed by atoms with van der Waals surface area (Å²) in [5, 5.41) is 8.69. The minimum Gasteiger partial charge on any atom is -0.394 e. The highest BCUT2D eigenvalue weighted by Crippen LogP contribution is 2.06. The van der Waals surface area contributed by atoms with E-state index in [1.165, 1.54) is 10.6 Å². The number of aromatic nitrogens is 2. The Morgan fingerprint density at radius 2 is 1.95 bits per heavy atom. The summed E-state index contributed by atoms with van der Waals surface area (Å²) < 4.78 is 6.51. The second-order valence-corrected chi connectivity index (χ2v) is 4.28. The van der Waals surface area contributed by atoms with Crippen LogP contribution in [0.4, 0.5) is 0 Å². The summed E-state index contributed by atoms with van der Waals surface area (Å²) in [6.07, 6.45) is 0.461. The van der Waals surface area contributed by atoms with Gasteiger partial charge in [-0.15, -0.1) is 0 Å². The lowest BCUT2D eigenvalue weighted by Crippen LogP contribution is -2.33. The van der Waals surface area contributed by atoms with Crippen LogP contribution in [0.15, 0.2) is 46.0 Å². The molecule has 0 bridgehead atoms. The molecule has 1 aromatic carbocycles. The van der Waals surface area contributed by atoms with E-state index >= 15 is 0 Å². The minimum atomic E-state index is -0.513. The molecule has 0 saturated carbocycles. The molecule has 1 aromatic heterocycles. The van der Waals surface area contributed by atoms with E-state index in [1.54, 1.807) is 0 Å². The Balaban J connectivity index is 2.30. The van der Waals surface area contributed by atoms with Gasteiger partial charge in [0.25, 0.3) is 5.56 Å². The summed E-state index contributed by atoms with van der Waals surface area (Å²) in [6.45, 7) is 0.0147. The largest absolute Gasteiger partial charge is 0.394 e. The van der Waals surface area contributed by atoms with Crippen molar-refractivity contribution in [3.8, 4) is 0 Å². The number of aliphatic hydroxyl groups is 1. The van der Waals surface area contributed by atoms with Crippen LogP contribution in [0.5, 0.6) is 0 Å². The first kappa shape index (κ1) is 14.2. The van der Waals surface area contributed by atoms with Crippen LogP contribution in [0.25, 0.3) is 0 Å². The second kappa shape index (κ2) is 6.83. The van der Waals surface area contributed by atoms with E-state index in [2.05, 4.69) is 4.98 Å². The van der Waals surface area contributed by atoms with Gasteiger partial charge < -0.3 is 9.84 Å². The van der Waals surface area contributed by atoms with Crippen LogP contribution >= 0.6 is 0 Å². The first-order chi connectivity index (χ1) is 9.70. The van der Waals surface area contributed by atoms with Gasteiger partial charge in [-0.2, -0.15) is 0 Å². The number of nitrogens with zero attached hydrogens (tertiary/aromatic N) is 1. The third-order valence-electron chi connectivity index (χ3n) is 2.80. The molecule has 0 atom stereocenters. The monoisotopic (exact) mass is 276 g/mol. The molecule has 1 heterocycles. The van der Waals surface area contributed by atoms with Gasteiger partial charge in [0.2, 0.25) is 0 Å². The van der Waals surface area contributed by atoms with Crippen molar-refractivity contribution in [3.05, 3.63) is 68.5 Å². The molecule has 6 heteroatoms. The van der Waals surface area contributed by atoms with E-state index in [1.807, 2.05) is 30.3 Å². The fourth-order valence-electron chi connectivity index (χ4n) is 1.88. The first-order valence-electron chi connectivity index (χ1n) is 6.26. The average molecular weight is 276 g/mol. The van der Waals surface area contributed by atoms with Crippen LogP contribution in [0.1, 0.15) is 11.3 Å². The number of benzene rings is 1. The lowest BCUT2D eigenvalue weighted by atomic mass is 10.1. The van der Waals surface area contributed by atoms with Gasteiger partial charge in [0.1, 0.15) is 6.73 Å².